The fourth-order valence-electron chi connectivity index (χ4n) is 3.35. The maximum atomic E-state index is 12.0. The third-order valence-corrected chi connectivity index (χ3v) is 4.53. The molecule has 1 aromatic heterocycles. The largest absolute Gasteiger partial charge is 0.465 e. The van der Waals surface area contributed by atoms with Gasteiger partial charge in [-0.2, -0.15) is 0 Å². The van der Waals surface area contributed by atoms with Gasteiger partial charge in [0, 0.05) is 12.5 Å². The molecule has 0 saturated heterocycles. The highest BCUT2D eigenvalue weighted by atomic mass is 16.5. The molecule has 2 aromatic carbocycles. The molecule has 0 spiro atoms. The molecule has 0 aliphatic heterocycles. The zero-order valence-corrected chi connectivity index (χ0v) is 14.2. The van der Waals surface area contributed by atoms with E-state index in [1.54, 1.807) is 6.26 Å². The van der Waals surface area contributed by atoms with E-state index < -0.39 is 6.09 Å². The molecule has 0 fully saturated rings. The highest BCUT2D eigenvalue weighted by Gasteiger charge is 2.28. The van der Waals surface area contributed by atoms with Crippen molar-refractivity contribution in [1.82, 2.24) is 5.32 Å². The van der Waals surface area contributed by atoms with E-state index in [0.29, 0.717) is 13.2 Å². The molecule has 4 heteroatoms. The number of furan rings is 1. The van der Waals surface area contributed by atoms with Crippen LogP contribution in [0, 0.1) is 0 Å². The minimum atomic E-state index is -0.420. The van der Waals surface area contributed by atoms with Gasteiger partial charge in [-0.1, -0.05) is 54.6 Å². The van der Waals surface area contributed by atoms with Gasteiger partial charge < -0.3 is 14.5 Å². The summed E-state index contributed by atoms with van der Waals surface area (Å²) in [6.07, 6.45) is 4.82. The van der Waals surface area contributed by atoms with Gasteiger partial charge in [0.25, 0.3) is 0 Å². The highest BCUT2D eigenvalue weighted by Crippen LogP contribution is 2.44. The van der Waals surface area contributed by atoms with Crippen molar-refractivity contribution in [2.45, 2.75) is 5.92 Å². The zero-order chi connectivity index (χ0) is 17.8. The van der Waals surface area contributed by atoms with Crippen LogP contribution in [-0.2, 0) is 4.74 Å². The Morgan fingerprint density at radius 1 is 1.00 bits per heavy atom. The van der Waals surface area contributed by atoms with Crippen LogP contribution in [0.25, 0.3) is 17.2 Å². The molecule has 0 atom stereocenters. The fourth-order valence-corrected chi connectivity index (χ4v) is 3.35. The van der Waals surface area contributed by atoms with Gasteiger partial charge in [0.2, 0.25) is 0 Å². The fraction of sp³-hybridized carbons (Fsp3) is 0.136. The molecule has 4 nitrogen and oxygen atoms in total. The van der Waals surface area contributed by atoms with E-state index >= 15 is 0 Å². The first-order chi connectivity index (χ1) is 12.8. The Balaban J connectivity index is 1.36. The number of amides is 1. The van der Waals surface area contributed by atoms with Crippen LogP contribution in [0.5, 0.6) is 0 Å². The smallest absolute Gasteiger partial charge is 0.407 e. The molecule has 3 aromatic rings. The van der Waals surface area contributed by atoms with Gasteiger partial charge >= 0.3 is 6.09 Å². The second kappa shape index (κ2) is 7.31. The molecule has 0 bridgehead atoms. The summed E-state index contributed by atoms with van der Waals surface area (Å²) >= 11 is 0. The average Bonchev–Trinajstić information content (AvgIpc) is 3.30. The number of carbonyl (C=O) groups is 1. The summed E-state index contributed by atoms with van der Waals surface area (Å²) in [6.45, 7) is 0.707. The summed E-state index contributed by atoms with van der Waals surface area (Å²) < 4.78 is 10.7. The van der Waals surface area contributed by atoms with Crippen molar-refractivity contribution >= 4 is 12.2 Å². The molecule has 26 heavy (non-hydrogen) atoms. The number of benzene rings is 2. The van der Waals surface area contributed by atoms with Crippen molar-refractivity contribution in [3.8, 4) is 11.1 Å². The van der Waals surface area contributed by atoms with Crippen LogP contribution in [-0.4, -0.2) is 19.2 Å². The number of rotatable bonds is 5. The second-order valence-corrected chi connectivity index (χ2v) is 6.12. The van der Waals surface area contributed by atoms with E-state index in [0.717, 1.165) is 5.76 Å². The lowest BCUT2D eigenvalue weighted by Gasteiger charge is -2.14. The molecule has 0 saturated carbocycles. The lowest BCUT2D eigenvalue weighted by atomic mass is 9.98. The molecule has 1 amide bonds. The summed E-state index contributed by atoms with van der Waals surface area (Å²) in [5, 5.41) is 2.73. The Kier molecular flexibility index (Phi) is 4.56. The van der Waals surface area contributed by atoms with Crippen LogP contribution >= 0.6 is 0 Å². The lowest BCUT2D eigenvalue weighted by Crippen LogP contribution is -2.26. The maximum Gasteiger partial charge on any atom is 0.407 e. The Hall–Kier alpha value is -3.27. The SMILES string of the molecule is O=C(NCC=Cc1ccco1)OCC1c2ccccc2-c2ccccc21. The number of carbonyl (C=O) groups excluding carboxylic acids is 1. The first kappa shape index (κ1) is 16.2. The van der Waals surface area contributed by atoms with Crippen LogP contribution < -0.4 is 5.32 Å². The Morgan fingerprint density at radius 3 is 2.35 bits per heavy atom. The predicted molar refractivity (Wildman–Crippen MR) is 101 cm³/mol. The average molecular weight is 345 g/mol. The molecular weight excluding hydrogens is 326 g/mol. The van der Waals surface area contributed by atoms with Gasteiger partial charge in [-0.05, 0) is 40.5 Å². The van der Waals surface area contributed by atoms with E-state index in [2.05, 4.69) is 29.6 Å². The summed E-state index contributed by atoms with van der Waals surface area (Å²) in [5.74, 6) is 0.825. The molecule has 130 valence electrons. The molecule has 1 aliphatic carbocycles. The molecular formula is C22H19NO3. The minimum Gasteiger partial charge on any atom is -0.465 e. The summed E-state index contributed by atoms with van der Waals surface area (Å²) in [5.41, 5.74) is 4.86. The van der Waals surface area contributed by atoms with Gasteiger partial charge in [0.05, 0.1) is 6.26 Å². The minimum absolute atomic E-state index is 0.0758. The molecule has 1 N–H and O–H groups in total. The number of nitrogens with one attached hydrogen (secondary N) is 1. The summed E-state index contributed by atoms with van der Waals surface area (Å²) in [4.78, 5) is 12.0. The van der Waals surface area contributed by atoms with Gasteiger partial charge in [-0.3, -0.25) is 0 Å². The van der Waals surface area contributed by atoms with Crippen LogP contribution in [0.3, 0.4) is 0 Å². The third-order valence-electron chi connectivity index (χ3n) is 4.53. The number of hydrogen-bond donors (Lipinski definition) is 1. The van der Waals surface area contributed by atoms with Crippen LogP contribution in [0.15, 0.2) is 77.4 Å². The van der Waals surface area contributed by atoms with Crippen molar-refractivity contribution in [1.29, 1.82) is 0 Å². The van der Waals surface area contributed by atoms with Gasteiger partial charge in [-0.25, -0.2) is 4.79 Å². The van der Waals surface area contributed by atoms with E-state index in [-0.39, 0.29) is 5.92 Å². The predicted octanol–water partition coefficient (Wildman–Crippen LogP) is 4.83. The number of alkyl carbamates (subject to hydrolysis) is 1. The Bertz CT molecular complexity index is 883. The third kappa shape index (κ3) is 3.26. The van der Waals surface area contributed by atoms with Crippen LogP contribution in [0.2, 0.25) is 0 Å². The standard InChI is InChI=1S/C22H19NO3/c24-22(23-13-5-7-16-8-6-14-25-16)26-15-21-19-11-3-1-9-17(19)18-10-2-4-12-20(18)21/h1-12,14,21H,13,15H2,(H,23,24). The first-order valence-electron chi connectivity index (χ1n) is 8.62. The number of ether oxygens (including phenoxy) is 1. The monoisotopic (exact) mass is 345 g/mol. The van der Waals surface area contributed by atoms with E-state index in [4.69, 9.17) is 9.15 Å². The zero-order valence-electron chi connectivity index (χ0n) is 14.2. The molecule has 4 rings (SSSR count). The van der Waals surface area contributed by atoms with Crippen molar-refractivity contribution in [3.05, 3.63) is 89.9 Å². The van der Waals surface area contributed by atoms with E-state index in [1.807, 2.05) is 48.6 Å². The van der Waals surface area contributed by atoms with Gasteiger partial charge in [-0.15, -0.1) is 0 Å². The molecule has 0 radical (unpaired) electrons. The van der Waals surface area contributed by atoms with Crippen molar-refractivity contribution in [3.63, 3.8) is 0 Å². The van der Waals surface area contributed by atoms with Crippen molar-refractivity contribution in [2.24, 2.45) is 0 Å². The van der Waals surface area contributed by atoms with Crippen LogP contribution in [0.1, 0.15) is 22.8 Å². The van der Waals surface area contributed by atoms with E-state index in [9.17, 15) is 4.79 Å². The highest BCUT2D eigenvalue weighted by molar-refractivity contribution is 5.79. The topological polar surface area (TPSA) is 51.5 Å². The van der Waals surface area contributed by atoms with E-state index in [1.165, 1.54) is 22.3 Å². The first-order valence-corrected chi connectivity index (χ1v) is 8.62. The molecule has 1 aliphatic rings. The van der Waals surface area contributed by atoms with Gasteiger partial charge in [0.15, 0.2) is 0 Å². The summed E-state index contributed by atoms with van der Waals surface area (Å²) in [6, 6.07) is 20.2. The lowest BCUT2D eigenvalue weighted by molar-refractivity contribution is 0.144. The quantitative estimate of drug-likeness (QED) is 0.720. The Morgan fingerprint density at radius 2 is 1.69 bits per heavy atom. The Labute approximate surface area is 152 Å². The second-order valence-electron chi connectivity index (χ2n) is 6.12. The van der Waals surface area contributed by atoms with Crippen molar-refractivity contribution in [2.75, 3.05) is 13.2 Å². The number of hydrogen-bond acceptors (Lipinski definition) is 3. The molecule has 0 unspecified atom stereocenters. The maximum absolute atomic E-state index is 12.0. The number of fused-ring (bicyclic) bond motifs is 3. The van der Waals surface area contributed by atoms with Crippen LogP contribution in [0.4, 0.5) is 4.79 Å². The molecule has 1 heterocycles. The normalized spacial score (nSPS) is 12.8. The van der Waals surface area contributed by atoms with Gasteiger partial charge in [0.1, 0.15) is 12.4 Å². The summed E-state index contributed by atoms with van der Waals surface area (Å²) in [7, 11) is 0. The van der Waals surface area contributed by atoms with Crippen molar-refractivity contribution < 1.29 is 13.9 Å².